The molecule has 0 saturated heterocycles. The van der Waals surface area contributed by atoms with Crippen molar-refractivity contribution >= 4 is 11.8 Å². The summed E-state index contributed by atoms with van der Waals surface area (Å²) >= 11 is 0. The van der Waals surface area contributed by atoms with Crippen LogP contribution in [0.2, 0.25) is 0 Å². The number of hydrogen-bond acceptors (Lipinski definition) is 3. The predicted molar refractivity (Wildman–Crippen MR) is 103 cm³/mol. The van der Waals surface area contributed by atoms with Crippen LogP contribution in [0.5, 0.6) is 5.75 Å². The first-order chi connectivity index (χ1) is 12.7. The molecule has 0 spiro atoms. The fourth-order valence-electron chi connectivity index (χ4n) is 2.58. The van der Waals surface area contributed by atoms with Crippen LogP contribution in [-0.2, 0) is 6.42 Å². The minimum absolute atomic E-state index is 0.110. The molecular formula is C21H26N2O3. The molecule has 5 heteroatoms. The van der Waals surface area contributed by atoms with Crippen LogP contribution < -0.4 is 15.4 Å². The Morgan fingerprint density at radius 1 is 0.885 bits per heavy atom. The number of carbonyl (C=O) groups excluding carboxylic acids is 2. The number of nitrogens with one attached hydrogen (secondary N) is 2. The summed E-state index contributed by atoms with van der Waals surface area (Å²) in [6, 6.07) is 14.5. The summed E-state index contributed by atoms with van der Waals surface area (Å²) in [4.78, 5) is 24.2. The van der Waals surface area contributed by atoms with Crippen molar-refractivity contribution in [3.63, 3.8) is 0 Å². The molecule has 0 heterocycles. The molecule has 0 saturated carbocycles. The molecule has 2 rings (SSSR count). The highest BCUT2D eigenvalue weighted by Crippen LogP contribution is 2.17. The highest BCUT2D eigenvalue weighted by molar-refractivity contribution is 5.97. The number of carbonyl (C=O) groups is 2. The lowest BCUT2D eigenvalue weighted by Gasteiger charge is -2.09. The van der Waals surface area contributed by atoms with Crippen molar-refractivity contribution in [3.8, 4) is 5.75 Å². The molecule has 2 amide bonds. The van der Waals surface area contributed by atoms with E-state index in [1.165, 1.54) is 0 Å². The Labute approximate surface area is 154 Å². The third-order valence-corrected chi connectivity index (χ3v) is 4.10. The fourth-order valence-corrected chi connectivity index (χ4v) is 2.58. The molecule has 0 unspecified atom stereocenters. The van der Waals surface area contributed by atoms with E-state index in [4.69, 9.17) is 4.74 Å². The Hall–Kier alpha value is -2.82. The monoisotopic (exact) mass is 354 g/mol. The molecule has 0 fully saturated rings. The minimum Gasteiger partial charge on any atom is -0.496 e. The summed E-state index contributed by atoms with van der Waals surface area (Å²) < 4.78 is 5.31. The van der Waals surface area contributed by atoms with Gasteiger partial charge in [-0.25, -0.2) is 0 Å². The van der Waals surface area contributed by atoms with Crippen molar-refractivity contribution in [2.45, 2.75) is 26.2 Å². The second-order valence-electron chi connectivity index (χ2n) is 6.00. The second-order valence-corrected chi connectivity index (χ2v) is 6.00. The lowest BCUT2D eigenvalue weighted by atomic mass is 10.1. The van der Waals surface area contributed by atoms with Crippen LogP contribution in [0.4, 0.5) is 0 Å². The topological polar surface area (TPSA) is 67.4 Å². The molecular weight excluding hydrogens is 328 g/mol. The van der Waals surface area contributed by atoms with Crippen LogP contribution in [0.1, 0.15) is 46.0 Å². The van der Waals surface area contributed by atoms with Gasteiger partial charge in [0.15, 0.2) is 0 Å². The van der Waals surface area contributed by atoms with Gasteiger partial charge in [-0.15, -0.1) is 0 Å². The van der Waals surface area contributed by atoms with Gasteiger partial charge >= 0.3 is 0 Å². The standard InChI is InChI=1S/C21H26N2O3/c1-3-4-14-22-20(24)17-9-11-18(12-10-17)21(25)23-15-13-16-7-5-6-8-19(16)26-2/h5-12H,3-4,13-15H2,1-2H3,(H,22,24)(H,23,25). The molecule has 0 bridgehead atoms. The highest BCUT2D eigenvalue weighted by Gasteiger charge is 2.09. The van der Waals surface area contributed by atoms with E-state index in [-0.39, 0.29) is 11.8 Å². The van der Waals surface area contributed by atoms with E-state index in [1.54, 1.807) is 31.4 Å². The summed E-state index contributed by atoms with van der Waals surface area (Å²) in [5.74, 6) is 0.555. The van der Waals surface area contributed by atoms with E-state index in [0.717, 1.165) is 24.2 Å². The first-order valence-electron chi connectivity index (χ1n) is 8.94. The van der Waals surface area contributed by atoms with Gasteiger partial charge < -0.3 is 15.4 Å². The smallest absolute Gasteiger partial charge is 0.251 e. The molecule has 0 aliphatic rings. The largest absolute Gasteiger partial charge is 0.496 e. The second kappa shape index (κ2) is 10.2. The summed E-state index contributed by atoms with van der Waals surface area (Å²) in [5, 5.41) is 5.75. The number of rotatable bonds is 9. The van der Waals surface area contributed by atoms with Gasteiger partial charge in [-0.1, -0.05) is 31.5 Å². The molecule has 5 nitrogen and oxygen atoms in total. The van der Waals surface area contributed by atoms with Gasteiger partial charge in [-0.05, 0) is 48.7 Å². The van der Waals surface area contributed by atoms with Gasteiger partial charge in [0, 0.05) is 24.2 Å². The Balaban J connectivity index is 1.85. The molecule has 2 aromatic rings. The Morgan fingerprint density at radius 3 is 2.04 bits per heavy atom. The summed E-state index contributed by atoms with van der Waals surface area (Å²) in [6.07, 6.45) is 2.68. The maximum atomic E-state index is 12.2. The lowest BCUT2D eigenvalue weighted by Crippen LogP contribution is -2.26. The number of methoxy groups -OCH3 is 1. The average Bonchev–Trinajstić information content (AvgIpc) is 2.68. The average molecular weight is 354 g/mol. The van der Waals surface area contributed by atoms with Crippen LogP contribution in [0.3, 0.4) is 0 Å². The van der Waals surface area contributed by atoms with E-state index >= 15 is 0 Å². The Kier molecular flexibility index (Phi) is 7.68. The molecule has 2 aromatic carbocycles. The van der Waals surface area contributed by atoms with Gasteiger partial charge in [0.1, 0.15) is 5.75 Å². The first kappa shape index (κ1) is 19.5. The molecule has 2 N–H and O–H groups in total. The number of benzene rings is 2. The van der Waals surface area contributed by atoms with Crippen LogP contribution in [0.15, 0.2) is 48.5 Å². The van der Waals surface area contributed by atoms with E-state index in [2.05, 4.69) is 17.6 Å². The number of unbranched alkanes of at least 4 members (excludes halogenated alkanes) is 1. The quantitative estimate of drug-likeness (QED) is 0.680. The van der Waals surface area contributed by atoms with Gasteiger partial charge in [0.2, 0.25) is 0 Å². The van der Waals surface area contributed by atoms with Crippen molar-refractivity contribution in [2.24, 2.45) is 0 Å². The van der Waals surface area contributed by atoms with Crippen LogP contribution in [0, 0.1) is 0 Å². The number of amides is 2. The lowest BCUT2D eigenvalue weighted by molar-refractivity contribution is 0.0941. The minimum atomic E-state index is -0.155. The SMILES string of the molecule is CCCCNC(=O)c1ccc(C(=O)NCCc2ccccc2OC)cc1. The fraction of sp³-hybridized carbons (Fsp3) is 0.333. The van der Waals surface area contributed by atoms with E-state index in [1.807, 2.05) is 24.3 Å². The Bertz CT molecular complexity index is 726. The molecule has 0 aliphatic carbocycles. The summed E-state index contributed by atoms with van der Waals surface area (Å²) in [6.45, 7) is 3.26. The zero-order valence-corrected chi connectivity index (χ0v) is 15.4. The molecule has 0 radical (unpaired) electrons. The summed E-state index contributed by atoms with van der Waals surface area (Å²) in [7, 11) is 1.64. The third-order valence-electron chi connectivity index (χ3n) is 4.10. The molecule has 0 atom stereocenters. The van der Waals surface area contributed by atoms with Crippen molar-refractivity contribution in [2.75, 3.05) is 20.2 Å². The third kappa shape index (κ3) is 5.62. The Morgan fingerprint density at radius 2 is 1.46 bits per heavy atom. The zero-order valence-electron chi connectivity index (χ0n) is 15.4. The number of ether oxygens (including phenoxy) is 1. The molecule has 138 valence electrons. The molecule has 0 aliphatic heterocycles. The van der Waals surface area contributed by atoms with Gasteiger partial charge in [-0.3, -0.25) is 9.59 Å². The molecule has 26 heavy (non-hydrogen) atoms. The van der Waals surface area contributed by atoms with Crippen molar-refractivity contribution in [1.82, 2.24) is 10.6 Å². The van der Waals surface area contributed by atoms with Gasteiger partial charge in [0.25, 0.3) is 11.8 Å². The first-order valence-corrected chi connectivity index (χ1v) is 8.94. The van der Waals surface area contributed by atoms with Crippen molar-refractivity contribution in [1.29, 1.82) is 0 Å². The number of para-hydroxylation sites is 1. The van der Waals surface area contributed by atoms with Gasteiger partial charge in [-0.2, -0.15) is 0 Å². The van der Waals surface area contributed by atoms with E-state index in [0.29, 0.717) is 30.6 Å². The van der Waals surface area contributed by atoms with Gasteiger partial charge in [0.05, 0.1) is 7.11 Å². The van der Waals surface area contributed by atoms with Crippen LogP contribution in [-0.4, -0.2) is 32.0 Å². The summed E-state index contributed by atoms with van der Waals surface area (Å²) in [5.41, 5.74) is 2.15. The predicted octanol–water partition coefficient (Wildman–Crippen LogP) is 3.20. The zero-order chi connectivity index (χ0) is 18.8. The van der Waals surface area contributed by atoms with E-state index in [9.17, 15) is 9.59 Å². The van der Waals surface area contributed by atoms with Crippen molar-refractivity contribution < 1.29 is 14.3 Å². The maximum absolute atomic E-state index is 12.2. The van der Waals surface area contributed by atoms with Crippen LogP contribution in [0.25, 0.3) is 0 Å². The van der Waals surface area contributed by atoms with Crippen LogP contribution >= 0.6 is 0 Å². The maximum Gasteiger partial charge on any atom is 0.251 e. The normalized spacial score (nSPS) is 10.2. The molecule has 0 aromatic heterocycles. The highest BCUT2D eigenvalue weighted by atomic mass is 16.5. The van der Waals surface area contributed by atoms with E-state index < -0.39 is 0 Å². The van der Waals surface area contributed by atoms with Crippen molar-refractivity contribution in [3.05, 3.63) is 65.2 Å². The number of hydrogen-bond donors (Lipinski definition) is 2.